The van der Waals surface area contributed by atoms with Gasteiger partial charge < -0.3 is 11.1 Å². The SMILES string of the molecule is NC(=O)C1CCCN(Cc2cccc(CNCc3ccc(F)cc3)c2)C1. The van der Waals surface area contributed by atoms with Crippen LogP contribution in [0, 0.1) is 11.7 Å². The number of likely N-dealkylation sites (tertiary alicyclic amines) is 1. The Morgan fingerprint density at radius 3 is 2.62 bits per heavy atom. The molecule has 1 atom stereocenters. The maximum absolute atomic E-state index is 12.9. The van der Waals surface area contributed by atoms with Crippen molar-refractivity contribution >= 4 is 5.91 Å². The lowest BCUT2D eigenvalue weighted by atomic mass is 9.97. The van der Waals surface area contributed by atoms with Crippen LogP contribution in [0.2, 0.25) is 0 Å². The van der Waals surface area contributed by atoms with Gasteiger partial charge in [-0.05, 0) is 48.2 Å². The lowest BCUT2D eigenvalue weighted by molar-refractivity contribution is -0.123. The molecule has 4 nitrogen and oxygen atoms in total. The third-order valence-corrected chi connectivity index (χ3v) is 4.88. The van der Waals surface area contributed by atoms with Crippen molar-refractivity contribution in [3.63, 3.8) is 0 Å². The van der Waals surface area contributed by atoms with Gasteiger partial charge in [0.05, 0.1) is 5.92 Å². The summed E-state index contributed by atoms with van der Waals surface area (Å²) in [4.78, 5) is 13.7. The highest BCUT2D eigenvalue weighted by Gasteiger charge is 2.23. The molecule has 1 amide bonds. The fraction of sp³-hybridized carbons (Fsp3) is 0.381. The predicted octanol–water partition coefficient (Wildman–Crippen LogP) is 2.81. The third-order valence-electron chi connectivity index (χ3n) is 4.88. The van der Waals surface area contributed by atoms with Crippen LogP contribution in [-0.4, -0.2) is 23.9 Å². The minimum atomic E-state index is -0.210. The van der Waals surface area contributed by atoms with Gasteiger partial charge in [-0.2, -0.15) is 0 Å². The van der Waals surface area contributed by atoms with Crippen molar-refractivity contribution in [2.75, 3.05) is 13.1 Å². The number of primary amides is 1. The third kappa shape index (κ3) is 5.38. The number of hydrogen-bond acceptors (Lipinski definition) is 3. The van der Waals surface area contributed by atoms with E-state index >= 15 is 0 Å². The van der Waals surface area contributed by atoms with Crippen LogP contribution in [0.15, 0.2) is 48.5 Å². The van der Waals surface area contributed by atoms with Gasteiger partial charge in [0, 0.05) is 26.2 Å². The molecule has 0 aromatic heterocycles. The minimum absolute atomic E-state index is 0.0238. The molecule has 2 aromatic rings. The van der Waals surface area contributed by atoms with E-state index in [-0.39, 0.29) is 17.6 Å². The first-order chi connectivity index (χ1) is 12.6. The van der Waals surface area contributed by atoms with Gasteiger partial charge in [0.1, 0.15) is 5.82 Å². The van der Waals surface area contributed by atoms with Gasteiger partial charge in [-0.15, -0.1) is 0 Å². The summed E-state index contributed by atoms with van der Waals surface area (Å²) in [6.07, 6.45) is 1.92. The molecule has 1 heterocycles. The zero-order valence-electron chi connectivity index (χ0n) is 15.0. The Morgan fingerprint density at radius 1 is 1.12 bits per heavy atom. The molecular formula is C21H26FN3O. The van der Waals surface area contributed by atoms with Crippen LogP contribution in [0.5, 0.6) is 0 Å². The van der Waals surface area contributed by atoms with E-state index in [0.717, 1.165) is 44.6 Å². The summed E-state index contributed by atoms with van der Waals surface area (Å²) in [7, 11) is 0. The van der Waals surface area contributed by atoms with Gasteiger partial charge in [0.25, 0.3) is 0 Å². The van der Waals surface area contributed by atoms with Crippen LogP contribution >= 0.6 is 0 Å². The molecule has 0 spiro atoms. The van der Waals surface area contributed by atoms with Gasteiger partial charge in [-0.1, -0.05) is 36.4 Å². The number of carbonyl (C=O) groups is 1. The molecule has 0 bridgehead atoms. The van der Waals surface area contributed by atoms with E-state index in [0.29, 0.717) is 6.54 Å². The van der Waals surface area contributed by atoms with Crippen molar-refractivity contribution in [3.05, 3.63) is 71.0 Å². The summed E-state index contributed by atoms with van der Waals surface area (Å²) < 4.78 is 12.9. The van der Waals surface area contributed by atoms with Crippen LogP contribution in [0.1, 0.15) is 29.5 Å². The van der Waals surface area contributed by atoms with E-state index in [1.807, 2.05) is 0 Å². The molecule has 1 unspecified atom stereocenters. The molecule has 138 valence electrons. The van der Waals surface area contributed by atoms with Crippen molar-refractivity contribution in [1.82, 2.24) is 10.2 Å². The Morgan fingerprint density at radius 2 is 1.85 bits per heavy atom. The molecule has 5 heteroatoms. The lowest BCUT2D eigenvalue weighted by Gasteiger charge is -2.31. The number of benzene rings is 2. The molecular weight excluding hydrogens is 329 g/mol. The summed E-state index contributed by atoms with van der Waals surface area (Å²) in [5, 5.41) is 3.39. The van der Waals surface area contributed by atoms with E-state index in [2.05, 4.69) is 34.5 Å². The van der Waals surface area contributed by atoms with Gasteiger partial charge in [-0.3, -0.25) is 9.69 Å². The first kappa shape index (κ1) is 18.5. The predicted molar refractivity (Wildman–Crippen MR) is 101 cm³/mol. The molecule has 1 fully saturated rings. The molecule has 0 saturated carbocycles. The smallest absolute Gasteiger partial charge is 0.221 e. The zero-order chi connectivity index (χ0) is 18.4. The van der Waals surface area contributed by atoms with Crippen molar-refractivity contribution in [2.24, 2.45) is 11.7 Å². The molecule has 2 aromatic carbocycles. The van der Waals surface area contributed by atoms with Gasteiger partial charge >= 0.3 is 0 Å². The minimum Gasteiger partial charge on any atom is -0.369 e. The maximum atomic E-state index is 12.9. The first-order valence-electron chi connectivity index (χ1n) is 9.15. The summed E-state index contributed by atoms with van der Waals surface area (Å²) in [6.45, 7) is 4.07. The second-order valence-electron chi connectivity index (χ2n) is 7.03. The quantitative estimate of drug-likeness (QED) is 0.803. The summed E-state index contributed by atoms with van der Waals surface area (Å²) in [5.41, 5.74) is 8.99. The van der Waals surface area contributed by atoms with E-state index in [1.54, 1.807) is 12.1 Å². The van der Waals surface area contributed by atoms with Crippen molar-refractivity contribution in [3.8, 4) is 0 Å². The average molecular weight is 355 g/mol. The molecule has 26 heavy (non-hydrogen) atoms. The van der Waals surface area contributed by atoms with Crippen molar-refractivity contribution in [2.45, 2.75) is 32.5 Å². The second-order valence-corrected chi connectivity index (χ2v) is 7.03. The fourth-order valence-corrected chi connectivity index (χ4v) is 3.48. The van der Waals surface area contributed by atoms with Crippen LogP contribution in [-0.2, 0) is 24.4 Å². The highest BCUT2D eigenvalue weighted by atomic mass is 19.1. The van der Waals surface area contributed by atoms with E-state index in [1.165, 1.54) is 23.3 Å². The standard InChI is InChI=1S/C21H26FN3O/c22-20-8-6-16(7-9-20)12-24-13-17-3-1-4-18(11-17)14-25-10-2-5-19(15-25)21(23)26/h1,3-4,6-9,11,19,24H,2,5,10,12-15H2,(H2,23,26). The molecule has 0 radical (unpaired) electrons. The Kier molecular flexibility index (Phi) is 6.36. The molecule has 3 rings (SSSR count). The number of piperidine rings is 1. The van der Waals surface area contributed by atoms with Crippen molar-refractivity contribution in [1.29, 1.82) is 0 Å². The maximum Gasteiger partial charge on any atom is 0.221 e. The van der Waals surface area contributed by atoms with Crippen LogP contribution in [0.3, 0.4) is 0 Å². The first-order valence-corrected chi connectivity index (χ1v) is 9.15. The molecule has 0 aliphatic carbocycles. The fourth-order valence-electron chi connectivity index (χ4n) is 3.48. The van der Waals surface area contributed by atoms with Crippen molar-refractivity contribution < 1.29 is 9.18 Å². The van der Waals surface area contributed by atoms with Crippen LogP contribution in [0.25, 0.3) is 0 Å². The lowest BCUT2D eigenvalue weighted by Crippen LogP contribution is -2.40. The molecule has 3 N–H and O–H groups in total. The number of rotatable bonds is 7. The Hall–Kier alpha value is -2.24. The zero-order valence-corrected chi connectivity index (χ0v) is 15.0. The highest BCUT2D eigenvalue weighted by Crippen LogP contribution is 2.18. The number of nitrogens with zero attached hydrogens (tertiary/aromatic N) is 1. The largest absolute Gasteiger partial charge is 0.369 e. The number of amides is 1. The van der Waals surface area contributed by atoms with Crippen LogP contribution < -0.4 is 11.1 Å². The number of nitrogens with two attached hydrogens (primary N) is 1. The van der Waals surface area contributed by atoms with E-state index in [4.69, 9.17) is 5.73 Å². The highest BCUT2D eigenvalue weighted by molar-refractivity contribution is 5.76. The Balaban J connectivity index is 1.51. The van der Waals surface area contributed by atoms with Gasteiger partial charge in [-0.25, -0.2) is 4.39 Å². The van der Waals surface area contributed by atoms with Gasteiger partial charge in [0.2, 0.25) is 5.91 Å². The normalized spacial score (nSPS) is 18.0. The summed E-state index contributed by atoms with van der Waals surface area (Å²) in [6, 6.07) is 15.0. The van der Waals surface area contributed by atoms with Crippen LogP contribution in [0.4, 0.5) is 4.39 Å². The summed E-state index contributed by atoms with van der Waals surface area (Å²) in [5.74, 6) is -0.421. The van der Waals surface area contributed by atoms with E-state index in [9.17, 15) is 9.18 Å². The number of halogens is 1. The van der Waals surface area contributed by atoms with Gasteiger partial charge in [0.15, 0.2) is 0 Å². The number of nitrogens with one attached hydrogen (secondary N) is 1. The average Bonchev–Trinajstić information content (AvgIpc) is 2.64. The molecule has 1 saturated heterocycles. The topological polar surface area (TPSA) is 58.4 Å². The van der Waals surface area contributed by atoms with E-state index < -0.39 is 0 Å². The molecule has 1 aliphatic rings. The Bertz CT molecular complexity index is 732. The number of hydrogen-bond donors (Lipinski definition) is 2. The monoisotopic (exact) mass is 355 g/mol. The Labute approximate surface area is 154 Å². The molecule has 1 aliphatic heterocycles. The summed E-state index contributed by atoms with van der Waals surface area (Å²) >= 11 is 0. The number of carbonyl (C=O) groups excluding carboxylic acids is 1. The second kappa shape index (κ2) is 8.92.